The van der Waals surface area contributed by atoms with Crippen molar-refractivity contribution in [2.24, 2.45) is 5.73 Å². The molecule has 0 aliphatic rings. The van der Waals surface area contributed by atoms with Gasteiger partial charge in [-0.1, -0.05) is 42.1 Å². The van der Waals surface area contributed by atoms with Crippen molar-refractivity contribution in [1.29, 1.82) is 0 Å². The van der Waals surface area contributed by atoms with Crippen LogP contribution in [0.2, 0.25) is 0 Å². The molecule has 156 valence electrons. The number of ether oxygens (including phenoxy) is 1. The number of aromatic nitrogens is 3. The molecule has 0 saturated heterocycles. The van der Waals surface area contributed by atoms with Gasteiger partial charge in [-0.2, -0.15) is 0 Å². The highest BCUT2D eigenvalue weighted by Crippen LogP contribution is 2.25. The van der Waals surface area contributed by atoms with Crippen molar-refractivity contribution in [3.8, 4) is 11.4 Å². The van der Waals surface area contributed by atoms with Gasteiger partial charge in [-0.25, -0.2) is 4.79 Å². The van der Waals surface area contributed by atoms with E-state index in [-0.39, 0.29) is 6.42 Å². The summed E-state index contributed by atoms with van der Waals surface area (Å²) in [5, 5.41) is 11.4. The summed E-state index contributed by atoms with van der Waals surface area (Å²) in [6.07, 6.45) is 0.752. The van der Waals surface area contributed by atoms with Gasteiger partial charge < -0.3 is 10.5 Å². The number of hydrogen-bond acceptors (Lipinski definition) is 6. The van der Waals surface area contributed by atoms with Crippen molar-refractivity contribution in [1.82, 2.24) is 20.1 Å². The molecule has 1 heterocycles. The van der Waals surface area contributed by atoms with Gasteiger partial charge in [-0.3, -0.25) is 14.7 Å². The number of thioether (sulfide) groups is 1. The fourth-order valence-corrected chi connectivity index (χ4v) is 3.75. The van der Waals surface area contributed by atoms with Crippen LogP contribution in [0.5, 0.6) is 5.75 Å². The number of urea groups is 1. The van der Waals surface area contributed by atoms with E-state index in [0.717, 1.165) is 22.8 Å². The maximum absolute atomic E-state index is 11.7. The summed E-state index contributed by atoms with van der Waals surface area (Å²) in [6.45, 7) is 2.54. The van der Waals surface area contributed by atoms with E-state index < -0.39 is 11.9 Å². The van der Waals surface area contributed by atoms with Crippen LogP contribution in [0.3, 0.4) is 0 Å². The maximum Gasteiger partial charge on any atom is 0.318 e. The van der Waals surface area contributed by atoms with Crippen LogP contribution in [-0.4, -0.2) is 39.1 Å². The van der Waals surface area contributed by atoms with E-state index in [0.29, 0.717) is 23.9 Å². The Kier molecular flexibility index (Phi) is 7.45. The highest BCUT2D eigenvalue weighted by molar-refractivity contribution is 7.99. The number of nitrogens with one attached hydrogen (secondary N) is 1. The van der Waals surface area contributed by atoms with Gasteiger partial charge in [-0.15, -0.1) is 10.2 Å². The van der Waals surface area contributed by atoms with Crippen molar-refractivity contribution < 1.29 is 14.3 Å². The molecule has 3 rings (SSSR count). The molecule has 3 amide bonds. The molecule has 2 aromatic carbocycles. The molecular weight excluding hydrogens is 402 g/mol. The van der Waals surface area contributed by atoms with Crippen molar-refractivity contribution in [3.05, 3.63) is 66.0 Å². The molecule has 3 N–H and O–H groups in total. The molecule has 0 spiro atoms. The van der Waals surface area contributed by atoms with Crippen LogP contribution in [0.25, 0.3) is 5.69 Å². The molecule has 3 aromatic rings. The van der Waals surface area contributed by atoms with E-state index in [1.807, 2.05) is 66.1 Å². The summed E-state index contributed by atoms with van der Waals surface area (Å²) >= 11 is 1.39. The summed E-state index contributed by atoms with van der Waals surface area (Å²) in [5.41, 5.74) is 6.99. The Morgan fingerprint density at radius 2 is 1.83 bits per heavy atom. The van der Waals surface area contributed by atoms with Crippen LogP contribution in [0.1, 0.15) is 24.7 Å². The average molecular weight is 426 g/mol. The molecule has 8 nitrogen and oxygen atoms in total. The Bertz CT molecular complexity index is 990. The van der Waals surface area contributed by atoms with Gasteiger partial charge in [0, 0.05) is 24.3 Å². The SMILES string of the molecule is CCOc1ccc(-n2c(Cc3ccccc3)nnc2SCCC(=O)NC(N)=O)cc1. The third kappa shape index (κ3) is 5.84. The molecule has 0 saturated carbocycles. The first-order valence-electron chi connectivity index (χ1n) is 9.50. The van der Waals surface area contributed by atoms with Crippen LogP contribution in [-0.2, 0) is 11.2 Å². The first-order chi connectivity index (χ1) is 14.6. The van der Waals surface area contributed by atoms with Crippen molar-refractivity contribution in [2.75, 3.05) is 12.4 Å². The number of nitrogens with two attached hydrogens (primary N) is 1. The summed E-state index contributed by atoms with van der Waals surface area (Å²) in [4.78, 5) is 22.4. The smallest absolute Gasteiger partial charge is 0.318 e. The molecule has 0 radical (unpaired) electrons. The van der Waals surface area contributed by atoms with Crippen molar-refractivity contribution in [3.63, 3.8) is 0 Å². The van der Waals surface area contributed by atoms with Crippen LogP contribution in [0.15, 0.2) is 59.8 Å². The second kappa shape index (κ2) is 10.4. The van der Waals surface area contributed by atoms with Gasteiger partial charge in [0.25, 0.3) is 0 Å². The fraction of sp³-hybridized carbons (Fsp3) is 0.238. The number of hydrogen-bond donors (Lipinski definition) is 2. The number of carbonyl (C=O) groups excluding carboxylic acids is 2. The second-order valence-electron chi connectivity index (χ2n) is 6.33. The van der Waals surface area contributed by atoms with E-state index in [2.05, 4.69) is 15.5 Å². The van der Waals surface area contributed by atoms with Crippen LogP contribution in [0, 0.1) is 0 Å². The molecule has 0 atom stereocenters. The topological polar surface area (TPSA) is 112 Å². The van der Waals surface area contributed by atoms with E-state index in [4.69, 9.17) is 10.5 Å². The molecule has 0 aliphatic carbocycles. The summed E-state index contributed by atoms with van der Waals surface area (Å²) in [6, 6.07) is 16.9. The first kappa shape index (κ1) is 21.4. The molecule has 0 fully saturated rings. The standard InChI is InChI=1S/C21H23N5O3S/c1-2-29-17-10-8-16(9-11-17)26-18(14-15-6-4-3-5-7-15)24-25-21(26)30-13-12-19(27)23-20(22)28/h3-11H,2,12-14H2,1H3,(H3,22,23,27,28). The van der Waals surface area contributed by atoms with E-state index in [1.54, 1.807) is 0 Å². The molecular formula is C21H23N5O3S. The number of carbonyl (C=O) groups is 2. The zero-order valence-corrected chi connectivity index (χ0v) is 17.4. The zero-order valence-electron chi connectivity index (χ0n) is 16.6. The molecule has 9 heteroatoms. The predicted octanol–water partition coefficient (Wildman–Crippen LogP) is 2.93. The lowest BCUT2D eigenvalue weighted by molar-refractivity contribution is -0.119. The Hall–Kier alpha value is -3.33. The summed E-state index contributed by atoms with van der Waals surface area (Å²) < 4.78 is 7.50. The Balaban J connectivity index is 1.82. The Morgan fingerprint density at radius 1 is 1.10 bits per heavy atom. The average Bonchev–Trinajstić information content (AvgIpc) is 3.11. The lowest BCUT2D eigenvalue weighted by Crippen LogP contribution is -2.35. The number of imide groups is 1. The number of rotatable bonds is 9. The lowest BCUT2D eigenvalue weighted by Gasteiger charge is -2.11. The normalized spacial score (nSPS) is 10.6. The zero-order chi connectivity index (χ0) is 21.3. The lowest BCUT2D eigenvalue weighted by atomic mass is 10.1. The summed E-state index contributed by atoms with van der Waals surface area (Å²) in [7, 11) is 0. The van der Waals surface area contributed by atoms with Crippen molar-refractivity contribution in [2.45, 2.75) is 24.9 Å². The third-order valence-electron chi connectivity index (χ3n) is 4.13. The number of nitrogens with zero attached hydrogens (tertiary/aromatic N) is 3. The van der Waals surface area contributed by atoms with E-state index >= 15 is 0 Å². The molecule has 0 unspecified atom stereocenters. The Labute approximate surface area is 178 Å². The van der Waals surface area contributed by atoms with Gasteiger partial charge in [0.15, 0.2) is 5.16 Å². The van der Waals surface area contributed by atoms with Crippen LogP contribution < -0.4 is 15.8 Å². The van der Waals surface area contributed by atoms with E-state index in [1.165, 1.54) is 11.8 Å². The first-order valence-corrected chi connectivity index (χ1v) is 10.5. The van der Waals surface area contributed by atoms with Crippen molar-refractivity contribution >= 4 is 23.7 Å². The quantitative estimate of drug-likeness (QED) is 0.510. The minimum atomic E-state index is -0.854. The largest absolute Gasteiger partial charge is 0.494 e. The van der Waals surface area contributed by atoms with Gasteiger partial charge in [0.1, 0.15) is 11.6 Å². The monoisotopic (exact) mass is 425 g/mol. The number of benzene rings is 2. The molecule has 30 heavy (non-hydrogen) atoms. The predicted molar refractivity (Wildman–Crippen MR) is 115 cm³/mol. The van der Waals surface area contributed by atoms with Gasteiger partial charge in [0.05, 0.1) is 6.61 Å². The van der Waals surface area contributed by atoms with Crippen LogP contribution in [0.4, 0.5) is 4.79 Å². The number of amides is 3. The highest BCUT2D eigenvalue weighted by Gasteiger charge is 2.16. The fourth-order valence-electron chi connectivity index (χ4n) is 2.84. The van der Waals surface area contributed by atoms with Crippen LogP contribution >= 0.6 is 11.8 Å². The minimum absolute atomic E-state index is 0.137. The third-order valence-corrected chi connectivity index (χ3v) is 5.06. The second-order valence-corrected chi connectivity index (χ2v) is 7.40. The summed E-state index contributed by atoms with van der Waals surface area (Å²) in [5.74, 6) is 1.58. The van der Waals surface area contributed by atoms with E-state index in [9.17, 15) is 9.59 Å². The van der Waals surface area contributed by atoms with Gasteiger partial charge in [0.2, 0.25) is 5.91 Å². The highest BCUT2D eigenvalue weighted by atomic mass is 32.2. The minimum Gasteiger partial charge on any atom is -0.494 e. The maximum atomic E-state index is 11.7. The van der Waals surface area contributed by atoms with Gasteiger partial charge in [-0.05, 0) is 36.8 Å². The molecule has 0 aliphatic heterocycles. The molecule has 0 bridgehead atoms. The number of primary amides is 1. The molecule has 1 aromatic heterocycles. The Morgan fingerprint density at radius 3 is 2.50 bits per heavy atom. The van der Waals surface area contributed by atoms with Gasteiger partial charge >= 0.3 is 6.03 Å².